The summed E-state index contributed by atoms with van der Waals surface area (Å²) < 4.78 is 0. The quantitative estimate of drug-likeness (QED) is 0.599. The van der Waals surface area contributed by atoms with Crippen LogP contribution in [0.15, 0.2) is 29.3 Å². The summed E-state index contributed by atoms with van der Waals surface area (Å²) in [6.07, 6.45) is 1.10. The Kier molecular flexibility index (Phi) is 7.83. The maximum Gasteiger partial charge on any atom is 0.191 e. The van der Waals surface area contributed by atoms with Crippen LogP contribution in [0.3, 0.4) is 0 Å². The van der Waals surface area contributed by atoms with Crippen molar-refractivity contribution < 1.29 is 0 Å². The van der Waals surface area contributed by atoms with Crippen LogP contribution in [0.2, 0.25) is 0 Å². The lowest BCUT2D eigenvalue weighted by molar-refractivity contribution is 0.306. The van der Waals surface area contributed by atoms with E-state index in [1.165, 1.54) is 11.1 Å². The fourth-order valence-corrected chi connectivity index (χ4v) is 2.12. The van der Waals surface area contributed by atoms with E-state index in [1.54, 1.807) is 0 Å². The van der Waals surface area contributed by atoms with Crippen molar-refractivity contribution in [3.05, 3.63) is 35.4 Å². The fourth-order valence-electron chi connectivity index (χ4n) is 2.12. The summed E-state index contributed by atoms with van der Waals surface area (Å²) in [6, 6.07) is 9.01. The number of guanidine groups is 1. The Hall–Kier alpha value is -1.55. The number of aliphatic imine (C=N–C) groups is 1. The molecule has 0 amide bonds. The molecule has 0 spiro atoms. The third kappa shape index (κ3) is 6.17. The molecule has 0 aliphatic rings. The molecule has 21 heavy (non-hydrogen) atoms. The highest BCUT2D eigenvalue weighted by Crippen LogP contribution is 2.19. The highest BCUT2D eigenvalue weighted by Gasteiger charge is 2.13. The van der Waals surface area contributed by atoms with Crippen LogP contribution in [0.5, 0.6) is 0 Å². The van der Waals surface area contributed by atoms with Crippen molar-refractivity contribution in [1.29, 1.82) is 0 Å². The van der Waals surface area contributed by atoms with Crippen molar-refractivity contribution in [2.45, 2.75) is 33.2 Å². The lowest BCUT2D eigenvalue weighted by atomic mass is 10.0. The molecule has 0 saturated heterocycles. The van der Waals surface area contributed by atoms with Crippen molar-refractivity contribution in [2.75, 3.05) is 33.7 Å². The molecule has 0 heterocycles. The third-order valence-corrected chi connectivity index (χ3v) is 3.39. The van der Waals surface area contributed by atoms with Crippen LogP contribution < -0.4 is 10.6 Å². The molecule has 0 aromatic heterocycles. The van der Waals surface area contributed by atoms with Crippen LogP contribution in [0.4, 0.5) is 0 Å². The number of nitrogens with zero attached hydrogens (tertiary/aromatic N) is 2. The average Bonchev–Trinajstić information content (AvgIpc) is 2.46. The maximum atomic E-state index is 4.72. The molecule has 4 nitrogen and oxygen atoms in total. The van der Waals surface area contributed by atoms with Crippen molar-refractivity contribution in [1.82, 2.24) is 15.5 Å². The Balaban J connectivity index is 2.78. The largest absolute Gasteiger partial charge is 0.357 e. The number of benzene rings is 1. The molecule has 0 saturated carbocycles. The van der Waals surface area contributed by atoms with Gasteiger partial charge in [-0.3, -0.25) is 4.99 Å². The van der Waals surface area contributed by atoms with Gasteiger partial charge in [-0.25, -0.2) is 0 Å². The molecule has 0 aliphatic heterocycles. The Labute approximate surface area is 129 Å². The number of rotatable bonds is 7. The van der Waals surface area contributed by atoms with Crippen LogP contribution in [-0.4, -0.2) is 44.6 Å². The summed E-state index contributed by atoms with van der Waals surface area (Å²) in [4.78, 5) is 6.94. The van der Waals surface area contributed by atoms with Gasteiger partial charge in [0.25, 0.3) is 0 Å². The van der Waals surface area contributed by atoms with Crippen molar-refractivity contribution in [3.8, 4) is 0 Å². The van der Waals surface area contributed by atoms with E-state index in [9.17, 15) is 0 Å². The summed E-state index contributed by atoms with van der Waals surface area (Å²) in [5.74, 6) is 0.901. The maximum absolute atomic E-state index is 4.72. The number of hydrogen-bond donors (Lipinski definition) is 2. The second kappa shape index (κ2) is 9.40. The predicted octanol–water partition coefficient (Wildman–Crippen LogP) is 2.56. The summed E-state index contributed by atoms with van der Waals surface area (Å²) in [5, 5.41) is 6.64. The topological polar surface area (TPSA) is 39.7 Å². The van der Waals surface area contributed by atoms with Gasteiger partial charge in [-0.2, -0.15) is 0 Å². The van der Waals surface area contributed by atoms with E-state index in [4.69, 9.17) is 4.99 Å². The van der Waals surface area contributed by atoms with Crippen LogP contribution in [0, 0.1) is 6.92 Å². The molecule has 0 fully saturated rings. The Morgan fingerprint density at radius 1 is 1.14 bits per heavy atom. The summed E-state index contributed by atoms with van der Waals surface area (Å²) >= 11 is 0. The molecule has 2 N–H and O–H groups in total. The zero-order chi connectivity index (χ0) is 15.7. The predicted molar refractivity (Wildman–Crippen MR) is 91.9 cm³/mol. The van der Waals surface area contributed by atoms with Crippen LogP contribution >= 0.6 is 0 Å². The molecular weight excluding hydrogens is 260 g/mol. The highest BCUT2D eigenvalue weighted by molar-refractivity contribution is 5.79. The molecule has 4 heteroatoms. The third-order valence-electron chi connectivity index (χ3n) is 3.39. The lowest BCUT2D eigenvalue weighted by Crippen LogP contribution is -2.38. The van der Waals surface area contributed by atoms with Crippen molar-refractivity contribution in [3.63, 3.8) is 0 Å². The minimum Gasteiger partial charge on any atom is -0.357 e. The van der Waals surface area contributed by atoms with Gasteiger partial charge in [-0.15, -0.1) is 0 Å². The Morgan fingerprint density at radius 3 is 2.33 bits per heavy atom. The first-order valence-electron chi connectivity index (χ1n) is 7.83. The molecule has 1 rings (SSSR count). The van der Waals surface area contributed by atoms with E-state index < -0.39 is 0 Å². The second-order valence-electron chi connectivity index (χ2n) is 5.54. The smallest absolute Gasteiger partial charge is 0.191 e. The molecule has 1 atom stereocenters. The van der Waals surface area contributed by atoms with E-state index >= 15 is 0 Å². The van der Waals surface area contributed by atoms with E-state index in [2.05, 4.69) is 74.7 Å². The van der Waals surface area contributed by atoms with Gasteiger partial charge in [0, 0.05) is 13.1 Å². The first-order chi connectivity index (χ1) is 10.1. The zero-order valence-electron chi connectivity index (χ0n) is 14.1. The van der Waals surface area contributed by atoms with Crippen LogP contribution in [-0.2, 0) is 0 Å². The van der Waals surface area contributed by atoms with Crippen LogP contribution in [0.25, 0.3) is 0 Å². The number of nitrogens with one attached hydrogen (secondary N) is 2. The summed E-state index contributed by atoms with van der Waals surface area (Å²) in [5.41, 5.74) is 2.60. The summed E-state index contributed by atoms with van der Waals surface area (Å²) in [7, 11) is 4.21. The lowest BCUT2D eigenvalue weighted by Gasteiger charge is -2.24. The second-order valence-corrected chi connectivity index (χ2v) is 5.54. The van der Waals surface area contributed by atoms with Gasteiger partial charge in [0.15, 0.2) is 5.96 Å². The van der Waals surface area contributed by atoms with E-state index in [0.717, 1.165) is 32.0 Å². The first kappa shape index (κ1) is 17.5. The Morgan fingerprint density at radius 2 is 1.81 bits per heavy atom. The van der Waals surface area contributed by atoms with Gasteiger partial charge in [0.2, 0.25) is 0 Å². The molecule has 1 unspecified atom stereocenters. The highest BCUT2D eigenvalue weighted by atomic mass is 15.2. The number of aryl methyl sites for hydroxylation is 1. The van der Waals surface area contributed by atoms with Crippen molar-refractivity contribution >= 4 is 5.96 Å². The SMILES string of the molecule is CCCNC(=NCC(c1ccc(C)cc1)N(C)C)NCC. The molecule has 0 radical (unpaired) electrons. The normalized spacial score (nSPS) is 13.3. The molecule has 118 valence electrons. The van der Waals surface area contributed by atoms with Gasteiger partial charge < -0.3 is 15.5 Å². The minimum absolute atomic E-state index is 0.294. The molecule has 0 bridgehead atoms. The zero-order valence-corrected chi connectivity index (χ0v) is 14.1. The van der Waals surface area contributed by atoms with Gasteiger partial charge >= 0.3 is 0 Å². The molecule has 1 aromatic carbocycles. The van der Waals surface area contributed by atoms with E-state index in [-0.39, 0.29) is 0 Å². The van der Waals surface area contributed by atoms with Gasteiger partial charge in [-0.05, 0) is 39.9 Å². The minimum atomic E-state index is 0.294. The van der Waals surface area contributed by atoms with Gasteiger partial charge in [-0.1, -0.05) is 36.8 Å². The first-order valence-corrected chi connectivity index (χ1v) is 7.83. The monoisotopic (exact) mass is 290 g/mol. The summed E-state index contributed by atoms with van der Waals surface area (Å²) in [6.45, 7) is 8.94. The number of hydrogen-bond acceptors (Lipinski definition) is 2. The molecule has 0 aliphatic carbocycles. The molecule has 1 aromatic rings. The molecular formula is C17H30N4. The van der Waals surface area contributed by atoms with Gasteiger partial charge in [0.1, 0.15) is 0 Å². The van der Waals surface area contributed by atoms with Crippen LogP contribution in [0.1, 0.15) is 37.4 Å². The van der Waals surface area contributed by atoms with Gasteiger partial charge in [0.05, 0.1) is 12.6 Å². The number of likely N-dealkylation sites (N-methyl/N-ethyl adjacent to an activating group) is 1. The Bertz CT molecular complexity index is 423. The fraction of sp³-hybridized carbons (Fsp3) is 0.588. The van der Waals surface area contributed by atoms with Crippen molar-refractivity contribution in [2.24, 2.45) is 4.99 Å². The van der Waals surface area contributed by atoms with E-state index in [1.807, 2.05) is 0 Å². The average molecular weight is 290 g/mol. The van der Waals surface area contributed by atoms with E-state index in [0.29, 0.717) is 6.04 Å². The standard InChI is InChI=1S/C17H30N4/c1-6-12-19-17(18-7-2)20-13-16(21(4)5)15-10-8-14(3)9-11-15/h8-11,16H,6-7,12-13H2,1-5H3,(H2,18,19,20).